The summed E-state index contributed by atoms with van der Waals surface area (Å²) in [5.41, 5.74) is 1.46. The van der Waals surface area contributed by atoms with Gasteiger partial charge >= 0.3 is 0 Å². The molecule has 1 unspecified atom stereocenters. The van der Waals surface area contributed by atoms with Crippen LogP contribution in [-0.4, -0.2) is 9.55 Å². The number of hydrogen-bond donors (Lipinski definition) is 0. The normalized spacial score (nSPS) is 13.0. The molecule has 0 radical (unpaired) electrons. The summed E-state index contributed by atoms with van der Waals surface area (Å²) in [5, 5.41) is -0.266. The van der Waals surface area contributed by atoms with Gasteiger partial charge in [0.1, 0.15) is 17.4 Å². The molecule has 0 amide bonds. The minimum atomic E-state index is -0.266. The summed E-state index contributed by atoms with van der Waals surface area (Å²) in [6.07, 6.45) is 1.61. The minimum Gasteiger partial charge on any atom is -0.467 e. The van der Waals surface area contributed by atoms with E-state index in [4.69, 9.17) is 16.0 Å². The zero-order valence-electron chi connectivity index (χ0n) is 10.6. The van der Waals surface area contributed by atoms with Gasteiger partial charge in [-0.15, -0.1) is 11.6 Å². The fraction of sp³-hybridized carbons (Fsp3) is 0.214. The first-order chi connectivity index (χ1) is 9.56. The van der Waals surface area contributed by atoms with Crippen LogP contribution in [0.4, 0.5) is 4.39 Å². The highest BCUT2D eigenvalue weighted by Crippen LogP contribution is 2.28. The molecule has 6 heteroatoms. The molecule has 0 saturated carbocycles. The molecule has 1 atom stereocenters. The fourth-order valence-corrected chi connectivity index (χ4v) is 2.78. The first kappa shape index (κ1) is 13.9. The van der Waals surface area contributed by atoms with Crippen LogP contribution in [0.15, 0.2) is 34.9 Å². The zero-order chi connectivity index (χ0) is 14.3. The van der Waals surface area contributed by atoms with Crippen molar-refractivity contribution in [3.05, 3.63) is 51.5 Å². The van der Waals surface area contributed by atoms with E-state index < -0.39 is 0 Å². The molecule has 0 bridgehead atoms. The molecule has 0 saturated heterocycles. The molecular formula is C14H11ClFIN2O. The van der Waals surface area contributed by atoms with Gasteiger partial charge in [-0.3, -0.25) is 0 Å². The molecule has 20 heavy (non-hydrogen) atoms. The molecule has 1 aromatic carbocycles. The predicted molar refractivity (Wildman–Crippen MR) is 84.5 cm³/mol. The summed E-state index contributed by atoms with van der Waals surface area (Å²) in [6.45, 7) is 2.33. The molecule has 3 nitrogen and oxygen atoms in total. The maximum absolute atomic E-state index is 13.8. The molecule has 0 fully saturated rings. The molecule has 2 aromatic heterocycles. The highest BCUT2D eigenvalue weighted by Gasteiger charge is 2.17. The Balaban J connectivity index is 2.20. The van der Waals surface area contributed by atoms with E-state index in [0.29, 0.717) is 15.9 Å². The van der Waals surface area contributed by atoms with Gasteiger partial charge in [-0.2, -0.15) is 0 Å². The van der Waals surface area contributed by atoms with Gasteiger partial charge in [0, 0.05) is 6.07 Å². The van der Waals surface area contributed by atoms with Crippen molar-refractivity contribution in [2.24, 2.45) is 0 Å². The van der Waals surface area contributed by atoms with Crippen molar-refractivity contribution in [3.8, 4) is 0 Å². The third-order valence-corrected chi connectivity index (χ3v) is 4.09. The highest BCUT2D eigenvalue weighted by molar-refractivity contribution is 14.1. The number of imidazole rings is 1. The van der Waals surface area contributed by atoms with E-state index in [2.05, 4.69) is 4.98 Å². The standard InChI is InChI=1S/C14H11ClFIN2O/c1-8(15)14-18-12-6-11(17)10(16)5-13(12)19(14)7-9-3-2-4-20-9/h2-6,8H,7H2,1H3. The number of hydrogen-bond acceptors (Lipinski definition) is 2. The molecular weight excluding hydrogens is 394 g/mol. The maximum atomic E-state index is 13.8. The first-order valence-corrected chi connectivity index (χ1v) is 7.59. The number of alkyl halides is 1. The SMILES string of the molecule is CC(Cl)c1nc2cc(I)c(F)cc2n1Cc1ccco1. The van der Waals surface area contributed by atoms with Crippen molar-refractivity contribution < 1.29 is 8.81 Å². The Morgan fingerprint density at radius 3 is 2.95 bits per heavy atom. The molecule has 0 aliphatic heterocycles. The van der Waals surface area contributed by atoms with E-state index in [1.165, 1.54) is 6.07 Å². The Hall–Kier alpha value is -1.08. The molecule has 0 spiro atoms. The molecule has 0 aliphatic carbocycles. The van der Waals surface area contributed by atoms with Crippen LogP contribution in [0.3, 0.4) is 0 Å². The van der Waals surface area contributed by atoms with Gasteiger partial charge in [0.2, 0.25) is 0 Å². The van der Waals surface area contributed by atoms with Crippen LogP contribution in [0.25, 0.3) is 11.0 Å². The first-order valence-electron chi connectivity index (χ1n) is 6.08. The summed E-state index contributed by atoms with van der Waals surface area (Å²) < 4.78 is 21.6. The fourth-order valence-electron chi connectivity index (χ4n) is 2.17. The highest BCUT2D eigenvalue weighted by atomic mass is 127. The van der Waals surface area contributed by atoms with Crippen molar-refractivity contribution >= 4 is 45.2 Å². The molecule has 104 valence electrons. The predicted octanol–water partition coefficient (Wildman–Crippen LogP) is 4.72. The Morgan fingerprint density at radius 2 is 2.30 bits per heavy atom. The van der Waals surface area contributed by atoms with Gasteiger partial charge in [0.05, 0.1) is 32.8 Å². The zero-order valence-corrected chi connectivity index (χ0v) is 13.5. The van der Waals surface area contributed by atoms with Crippen molar-refractivity contribution in [2.75, 3.05) is 0 Å². The van der Waals surface area contributed by atoms with Gasteiger partial charge in [-0.1, -0.05) is 0 Å². The molecule has 3 rings (SSSR count). The van der Waals surface area contributed by atoms with E-state index in [0.717, 1.165) is 16.8 Å². The molecule has 0 N–H and O–H groups in total. The van der Waals surface area contributed by atoms with E-state index in [-0.39, 0.29) is 11.2 Å². The molecule has 2 heterocycles. The largest absolute Gasteiger partial charge is 0.467 e. The monoisotopic (exact) mass is 404 g/mol. The van der Waals surface area contributed by atoms with E-state index in [9.17, 15) is 4.39 Å². The minimum absolute atomic E-state index is 0.257. The van der Waals surface area contributed by atoms with Crippen LogP contribution in [-0.2, 0) is 6.54 Å². The van der Waals surface area contributed by atoms with Gasteiger partial charge in [-0.05, 0) is 47.7 Å². The van der Waals surface area contributed by atoms with Crippen molar-refractivity contribution in [1.29, 1.82) is 0 Å². The third-order valence-electron chi connectivity index (χ3n) is 3.07. The van der Waals surface area contributed by atoms with Crippen LogP contribution in [0.5, 0.6) is 0 Å². The summed E-state index contributed by atoms with van der Waals surface area (Å²) in [7, 11) is 0. The smallest absolute Gasteiger partial charge is 0.138 e. The Kier molecular flexibility index (Phi) is 3.72. The number of halogens is 3. The van der Waals surface area contributed by atoms with E-state index in [1.54, 1.807) is 12.3 Å². The van der Waals surface area contributed by atoms with Gasteiger partial charge < -0.3 is 8.98 Å². The quantitative estimate of drug-likeness (QED) is 0.467. The average molecular weight is 405 g/mol. The maximum Gasteiger partial charge on any atom is 0.138 e. The Labute approximate surface area is 133 Å². The second-order valence-electron chi connectivity index (χ2n) is 4.51. The summed E-state index contributed by atoms with van der Waals surface area (Å²) in [5.74, 6) is 1.23. The van der Waals surface area contributed by atoms with E-state index in [1.807, 2.05) is 46.2 Å². The van der Waals surface area contributed by atoms with Gasteiger partial charge in [0.15, 0.2) is 0 Å². The second kappa shape index (κ2) is 5.37. The topological polar surface area (TPSA) is 31.0 Å². The van der Waals surface area contributed by atoms with Crippen LogP contribution in [0.2, 0.25) is 0 Å². The Bertz CT molecular complexity index is 752. The molecule has 3 aromatic rings. The lowest BCUT2D eigenvalue weighted by molar-refractivity contribution is 0.491. The Morgan fingerprint density at radius 1 is 1.50 bits per heavy atom. The number of furan rings is 1. The van der Waals surface area contributed by atoms with Crippen molar-refractivity contribution in [2.45, 2.75) is 18.8 Å². The number of aromatic nitrogens is 2. The lowest BCUT2D eigenvalue weighted by atomic mass is 10.3. The van der Waals surface area contributed by atoms with E-state index >= 15 is 0 Å². The number of benzene rings is 1. The van der Waals surface area contributed by atoms with Crippen LogP contribution in [0.1, 0.15) is 23.9 Å². The van der Waals surface area contributed by atoms with Gasteiger partial charge in [-0.25, -0.2) is 9.37 Å². The average Bonchev–Trinajstić information content (AvgIpc) is 3.00. The number of fused-ring (bicyclic) bond motifs is 1. The lowest BCUT2D eigenvalue weighted by Gasteiger charge is -2.09. The molecule has 0 aliphatic rings. The van der Waals surface area contributed by atoms with Crippen molar-refractivity contribution in [3.63, 3.8) is 0 Å². The van der Waals surface area contributed by atoms with Crippen LogP contribution < -0.4 is 0 Å². The lowest BCUT2D eigenvalue weighted by Crippen LogP contribution is -2.05. The summed E-state index contributed by atoms with van der Waals surface area (Å²) in [4.78, 5) is 4.51. The second-order valence-corrected chi connectivity index (χ2v) is 6.32. The summed E-state index contributed by atoms with van der Waals surface area (Å²) >= 11 is 8.15. The number of rotatable bonds is 3. The number of nitrogens with zero attached hydrogens (tertiary/aromatic N) is 2. The summed E-state index contributed by atoms with van der Waals surface area (Å²) in [6, 6.07) is 6.92. The third kappa shape index (κ3) is 2.44. The van der Waals surface area contributed by atoms with Gasteiger partial charge in [0.25, 0.3) is 0 Å². The van der Waals surface area contributed by atoms with Crippen LogP contribution >= 0.6 is 34.2 Å². The van der Waals surface area contributed by atoms with Crippen LogP contribution in [0, 0.1) is 9.39 Å². The van der Waals surface area contributed by atoms with Crippen molar-refractivity contribution in [1.82, 2.24) is 9.55 Å².